The second-order valence-electron chi connectivity index (χ2n) is 7.34. The maximum absolute atomic E-state index is 13.9. The number of ether oxygens (including phenoxy) is 1. The minimum absolute atomic E-state index is 0.149. The molecule has 4 aromatic rings. The Labute approximate surface area is 190 Å². The van der Waals surface area contributed by atoms with Crippen LogP contribution in [-0.2, 0) is 21.3 Å². The maximum Gasteiger partial charge on any atom is 0.262 e. The molecule has 0 spiro atoms. The molecule has 33 heavy (non-hydrogen) atoms. The van der Waals surface area contributed by atoms with Crippen LogP contribution in [0.4, 0.5) is 15.8 Å². The lowest BCUT2D eigenvalue weighted by atomic mass is 10.2. The summed E-state index contributed by atoms with van der Waals surface area (Å²) in [6, 6.07) is 18.5. The van der Waals surface area contributed by atoms with E-state index in [1.54, 1.807) is 13.2 Å². The van der Waals surface area contributed by atoms with Crippen LogP contribution in [0.5, 0.6) is 0 Å². The van der Waals surface area contributed by atoms with Crippen LogP contribution in [0.1, 0.15) is 10.4 Å². The first-order valence-corrected chi connectivity index (χ1v) is 11.6. The largest absolute Gasteiger partial charge is 0.383 e. The number of methoxy groups -OCH3 is 1. The summed E-state index contributed by atoms with van der Waals surface area (Å²) in [4.78, 5) is 12.6. The lowest BCUT2D eigenvalue weighted by Gasteiger charge is -2.11. The Hall–Kier alpha value is -3.69. The van der Waals surface area contributed by atoms with Gasteiger partial charge < -0.3 is 14.6 Å². The van der Waals surface area contributed by atoms with Crippen molar-refractivity contribution in [2.45, 2.75) is 11.4 Å². The molecule has 0 unspecified atom stereocenters. The number of carbonyl (C=O) groups is 1. The zero-order valence-electron chi connectivity index (χ0n) is 17.8. The van der Waals surface area contributed by atoms with Crippen LogP contribution >= 0.6 is 0 Å². The highest BCUT2D eigenvalue weighted by Gasteiger charge is 2.18. The molecular weight excluding hydrogens is 445 g/mol. The van der Waals surface area contributed by atoms with Gasteiger partial charge in [0, 0.05) is 42.0 Å². The predicted octanol–water partition coefficient (Wildman–Crippen LogP) is 4.48. The van der Waals surface area contributed by atoms with Crippen LogP contribution in [0.25, 0.3) is 10.9 Å². The number of halogens is 1. The van der Waals surface area contributed by atoms with Gasteiger partial charge in [0.05, 0.1) is 17.2 Å². The fourth-order valence-electron chi connectivity index (χ4n) is 3.42. The molecular formula is C24H22FN3O4S. The van der Waals surface area contributed by atoms with Crippen LogP contribution in [0.15, 0.2) is 83.9 Å². The minimum atomic E-state index is -4.08. The van der Waals surface area contributed by atoms with E-state index >= 15 is 0 Å². The van der Waals surface area contributed by atoms with Crippen molar-refractivity contribution in [2.75, 3.05) is 23.8 Å². The molecule has 0 saturated carbocycles. The molecule has 0 aliphatic carbocycles. The average molecular weight is 468 g/mol. The van der Waals surface area contributed by atoms with E-state index in [-0.39, 0.29) is 16.1 Å². The standard InChI is InChI=1S/C24H22FN3O4S/c1-32-14-13-28-12-11-17-15-19(9-10-23(17)28)26-24(29)18-5-4-6-20(16-18)33(30,31)27-22-8-3-2-7-21(22)25/h2-12,15-16,27H,13-14H2,1H3,(H,26,29). The number of anilines is 2. The number of hydrogen-bond acceptors (Lipinski definition) is 4. The number of rotatable bonds is 8. The summed E-state index contributed by atoms with van der Waals surface area (Å²) in [5.74, 6) is -1.16. The lowest BCUT2D eigenvalue weighted by molar-refractivity contribution is 0.102. The third-order valence-corrected chi connectivity index (χ3v) is 6.45. The normalized spacial score (nSPS) is 11.5. The number of para-hydroxylation sites is 1. The quantitative estimate of drug-likeness (QED) is 0.400. The van der Waals surface area contributed by atoms with Gasteiger partial charge in [0.2, 0.25) is 0 Å². The van der Waals surface area contributed by atoms with Crippen LogP contribution in [0.3, 0.4) is 0 Å². The molecule has 9 heteroatoms. The van der Waals surface area contributed by atoms with Crippen molar-refractivity contribution in [1.29, 1.82) is 0 Å². The van der Waals surface area contributed by atoms with E-state index in [2.05, 4.69) is 14.6 Å². The van der Waals surface area contributed by atoms with Gasteiger partial charge in [-0.15, -0.1) is 0 Å². The van der Waals surface area contributed by atoms with Gasteiger partial charge in [-0.3, -0.25) is 9.52 Å². The van der Waals surface area contributed by atoms with Crippen molar-refractivity contribution in [3.8, 4) is 0 Å². The van der Waals surface area contributed by atoms with Gasteiger partial charge in [-0.05, 0) is 54.6 Å². The Kier molecular flexibility index (Phi) is 6.43. The second-order valence-corrected chi connectivity index (χ2v) is 9.03. The summed E-state index contributed by atoms with van der Waals surface area (Å²) >= 11 is 0. The third kappa shape index (κ3) is 5.05. The smallest absolute Gasteiger partial charge is 0.262 e. The van der Waals surface area contributed by atoms with Crippen LogP contribution in [0.2, 0.25) is 0 Å². The Morgan fingerprint density at radius 3 is 2.64 bits per heavy atom. The molecule has 0 radical (unpaired) electrons. The van der Waals surface area contributed by atoms with Gasteiger partial charge in [0.1, 0.15) is 5.82 Å². The van der Waals surface area contributed by atoms with Crippen molar-refractivity contribution in [2.24, 2.45) is 0 Å². The van der Waals surface area contributed by atoms with Crippen molar-refractivity contribution in [1.82, 2.24) is 4.57 Å². The molecule has 1 aromatic heterocycles. The van der Waals surface area contributed by atoms with Gasteiger partial charge >= 0.3 is 0 Å². The van der Waals surface area contributed by atoms with E-state index in [9.17, 15) is 17.6 Å². The van der Waals surface area contributed by atoms with Crippen molar-refractivity contribution in [3.05, 3.63) is 90.4 Å². The van der Waals surface area contributed by atoms with Crippen molar-refractivity contribution >= 4 is 38.2 Å². The van der Waals surface area contributed by atoms with E-state index in [4.69, 9.17) is 4.74 Å². The Morgan fingerprint density at radius 1 is 1.03 bits per heavy atom. The van der Waals surface area contributed by atoms with E-state index in [1.165, 1.54) is 42.5 Å². The molecule has 0 aliphatic heterocycles. The van der Waals surface area contributed by atoms with Crippen LogP contribution in [0, 0.1) is 5.82 Å². The number of aromatic nitrogens is 1. The minimum Gasteiger partial charge on any atom is -0.383 e. The first-order chi connectivity index (χ1) is 15.9. The topological polar surface area (TPSA) is 89.4 Å². The van der Waals surface area contributed by atoms with Crippen molar-refractivity contribution in [3.63, 3.8) is 0 Å². The Bertz CT molecular complexity index is 1420. The van der Waals surface area contributed by atoms with Gasteiger partial charge in [-0.2, -0.15) is 0 Å². The molecule has 170 valence electrons. The monoisotopic (exact) mass is 467 g/mol. The molecule has 0 atom stereocenters. The molecule has 0 aliphatic rings. The summed E-state index contributed by atoms with van der Waals surface area (Å²) in [5.41, 5.74) is 1.58. The number of fused-ring (bicyclic) bond motifs is 1. The molecule has 0 saturated heterocycles. The second kappa shape index (κ2) is 9.43. The number of hydrogen-bond donors (Lipinski definition) is 2. The summed E-state index contributed by atoms with van der Waals surface area (Å²) in [6.07, 6.45) is 1.95. The van der Waals surface area contributed by atoms with Gasteiger partial charge in [0.25, 0.3) is 15.9 Å². The summed E-state index contributed by atoms with van der Waals surface area (Å²) in [7, 11) is -2.43. The van der Waals surface area contributed by atoms with Crippen LogP contribution in [-0.4, -0.2) is 32.6 Å². The number of nitrogens with one attached hydrogen (secondary N) is 2. The first-order valence-electron chi connectivity index (χ1n) is 10.1. The third-order valence-electron chi connectivity index (χ3n) is 5.09. The van der Waals surface area contributed by atoms with E-state index in [1.807, 2.05) is 24.4 Å². The average Bonchev–Trinajstić information content (AvgIpc) is 3.21. The number of amides is 1. The Balaban J connectivity index is 1.52. The summed E-state index contributed by atoms with van der Waals surface area (Å²) < 4.78 is 48.6. The van der Waals surface area contributed by atoms with Crippen LogP contribution < -0.4 is 10.0 Å². The molecule has 1 heterocycles. The molecule has 0 bridgehead atoms. The van der Waals surface area contributed by atoms with Gasteiger partial charge in [0.15, 0.2) is 0 Å². The lowest BCUT2D eigenvalue weighted by Crippen LogP contribution is -2.16. The summed E-state index contributed by atoms with van der Waals surface area (Å²) in [5, 5.41) is 3.75. The van der Waals surface area contributed by atoms with E-state index in [0.29, 0.717) is 18.8 Å². The van der Waals surface area contributed by atoms with Gasteiger partial charge in [-0.25, -0.2) is 12.8 Å². The first kappa shape index (κ1) is 22.5. The fraction of sp³-hybridized carbons (Fsp3) is 0.125. The Morgan fingerprint density at radius 2 is 1.85 bits per heavy atom. The van der Waals surface area contributed by atoms with Crippen molar-refractivity contribution < 1.29 is 22.3 Å². The number of carbonyl (C=O) groups excluding carboxylic acids is 1. The number of nitrogens with zero attached hydrogens (tertiary/aromatic N) is 1. The highest BCUT2D eigenvalue weighted by Crippen LogP contribution is 2.23. The number of sulfonamides is 1. The zero-order chi connectivity index (χ0) is 23.4. The molecule has 4 rings (SSSR count). The number of benzene rings is 3. The maximum atomic E-state index is 13.9. The highest BCUT2D eigenvalue weighted by atomic mass is 32.2. The fourth-order valence-corrected chi connectivity index (χ4v) is 4.53. The van der Waals surface area contributed by atoms with E-state index in [0.717, 1.165) is 17.0 Å². The van der Waals surface area contributed by atoms with Gasteiger partial charge in [-0.1, -0.05) is 18.2 Å². The molecule has 0 fully saturated rings. The summed E-state index contributed by atoms with van der Waals surface area (Å²) in [6.45, 7) is 1.31. The zero-order valence-corrected chi connectivity index (χ0v) is 18.6. The molecule has 2 N–H and O–H groups in total. The van der Waals surface area contributed by atoms with E-state index < -0.39 is 21.7 Å². The molecule has 3 aromatic carbocycles. The highest BCUT2D eigenvalue weighted by molar-refractivity contribution is 7.92. The molecule has 1 amide bonds. The predicted molar refractivity (Wildman–Crippen MR) is 125 cm³/mol. The molecule has 7 nitrogen and oxygen atoms in total. The SMILES string of the molecule is COCCn1ccc2cc(NC(=O)c3cccc(S(=O)(=O)Nc4ccccc4F)c3)ccc21.